The molecule has 10 rings (SSSR count). The maximum atomic E-state index is 5.66. The molecule has 7 aromatic carbocycles. The topological polar surface area (TPSA) is 14.8 Å². The number of allylic oxidation sites excluding steroid dienone is 1. The molecule has 10 aromatic rings. The Morgan fingerprint density at radius 1 is 0.462 bits per heavy atom. The molecule has 0 aliphatic carbocycles. The molecule has 3 nitrogen and oxygen atoms in total. The Bertz CT molecular complexity index is 3050. The smallest absolute Gasteiger partial charge is 0.0619 e. The number of aryl methyl sites for hydroxylation is 1. The van der Waals surface area contributed by atoms with Gasteiger partial charge in [0.1, 0.15) is 0 Å². The Balaban J connectivity index is 1.26. The van der Waals surface area contributed by atoms with Gasteiger partial charge in [-0.3, -0.25) is 0 Å². The molecule has 52 heavy (non-hydrogen) atoms. The van der Waals surface area contributed by atoms with Crippen molar-refractivity contribution >= 4 is 60.6 Å². The molecule has 3 heteroatoms. The molecule has 0 aliphatic rings. The number of benzene rings is 7. The Hall–Kier alpha value is -7.02. The zero-order valence-electron chi connectivity index (χ0n) is 28.7. The lowest BCUT2D eigenvalue weighted by Gasteiger charge is -2.13. The summed E-state index contributed by atoms with van der Waals surface area (Å²) in [5.41, 5.74) is 14.0. The molecule has 3 heterocycles. The zero-order chi connectivity index (χ0) is 34.8. The number of para-hydroxylation sites is 5. The second-order valence-corrected chi connectivity index (χ2v) is 13.3. The summed E-state index contributed by atoms with van der Waals surface area (Å²) in [6.07, 6.45) is 9.48. The minimum atomic E-state index is 1.09. The molecule has 3 aromatic heterocycles. The summed E-state index contributed by atoms with van der Waals surface area (Å²) in [4.78, 5) is 0. The van der Waals surface area contributed by atoms with Crippen LogP contribution < -0.4 is 0 Å². The van der Waals surface area contributed by atoms with Crippen molar-refractivity contribution in [3.63, 3.8) is 0 Å². The standard InChI is InChI=1S/C49H33N3/c1-3-4-24-42-33(2)38-20-11-13-25-43(38)50(42)37-29-27-34(28-30-37)39-22-15-23-41-48-46(52(49(39)41)36-18-9-6-10-19-36)32-31-45-47(48)40-21-12-14-26-44(40)51(45)35-16-7-5-8-17-35/h1,4-32H,2H3/b24-4-. The number of hydrogen-bond donors (Lipinski definition) is 0. The predicted octanol–water partition coefficient (Wildman–Crippen LogP) is 12.4. The number of hydrogen-bond acceptors (Lipinski definition) is 0. The third-order valence-electron chi connectivity index (χ3n) is 10.6. The molecular weight excluding hydrogens is 631 g/mol. The van der Waals surface area contributed by atoms with Gasteiger partial charge in [-0.2, -0.15) is 0 Å². The fraction of sp³-hybridized carbons (Fsp3) is 0.0204. The quantitative estimate of drug-likeness (QED) is 0.163. The van der Waals surface area contributed by atoms with Crippen molar-refractivity contribution in [2.24, 2.45) is 0 Å². The molecular formula is C49H33N3. The summed E-state index contributed by atoms with van der Waals surface area (Å²) >= 11 is 0. The molecule has 0 radical (unpaired) electrons. The number of fused-ring (bicyclic) bond motifs is 8. The van der Waals surface area contributed by atoms with E-state index in [1.54, 1.807) is 6.08 Å². The fourth-order valence-electron chi connectivity index (χ4n) is 8.36. The molecule has 0 saturated heterocycles. The lowest BCUT2D eigenvalue weighted by Crippen LogP contribution is -1.98. The van der Waals surface area contributed by atoms with Crippen LogP contribution >= 0.6 is 0 Å². The highest BCUT2D eigenvalue weighted by molar-refractivity contribution is 6.30. The summed E-state index contributed by atoms with van der Waals surface area (Å²) in [7, 11) is 0. The summed E-state index contributed by atoms with van der Waals surface area (Å²) in [5, 5.41) is 6.24. The van der Waals surface area contributed by atoms with E-state index < -0.39 is 0 Å². The maximum Gasteiger partial charge on any atom is 0.0619 e. The minimum absolute atomic E-state index is 1.09. The summed E-state index contributed by atoms with van der Waals surface area (Å²) < 4.78 is 7.16. The minimum Gasteiger partial charge on any atom is -0.310 e. The highest BCUT2D eigenvalue weighted by atomic mass is 15.0. The number of nitrogens with zero attached hydrogens (tertiary/aromatic N) is 3. The van der Waals surface area contributed by atoms with Gasteiger partial charge in [0.15, 0.2) is 0 Å². The van der Waals surface area contributed by atoms with Crippen molar-refractivity contribution in [3.8, 4) is 40.5 Å². The van der Waals surface area contributed by atoms with Crippen molar-refractivity contribution in [1.82, 2.24) is 13.7 Å². The normalized spacial score (nSPS) is 11.8. The van der Waals surface area contributed by atoms with E-state index in [4.69, 9.17) is 6.42 Å². The third kappa shape index (κ3) is 4.35. The summed E-state index contributed by atoms with van der Waals surface area (Å²) in [6, 6.07) is 59.1. The number of rotatable bonds is 5. The highest BCUT2D eigenvalue weighted by Gasteiger charge is 2.22. The summed E-state index contributed by atoms with van der Waals surface area (Å²) in [6.45, 7) is 2.17. The first-order chi connectivity index (χ1) is 25.7. The molecule has 244 valence electrons. The van der Waals surface area contributed by atoms with Gasteiger partial charge in [-0.1, -0.05) is 109 Å². The second-order valence-electron chi connectivity index (χ2n) is 13.3. The molecule has 0 saturated carbocycles. The van der Waals surface area contributed by atoms with Crippen LogP contribution in [0.15, 0.2) is 170 Å². The lowest BCUT2D eigenvalue weighted by atomic mass is 10.00. The van der Waals surface area contributed by atoms with Gasteiger partial charge in [-0.15, -0.1) is 6.42 Å². The van der Waals surface area contributed by atoms with Crippen molar-refractivity contribution in [1.29, 1.82) is 0 Å². The van der Waals surface area contributed by atoms with Crippen LogP contribution in [0.3, 0.4) is 0 Å². The molecule has 0 fully saturated rings. The van der Waals surface area contributed by atoms with Gasteiger partial charge in [0.05, 0.1) is 33.3 Å². The number of terminal acetylenes is 1. The van der Waals surface area contributed by atoms with E-state index in [0.29, 0.717) is 0 Å². The maximum absolute atomic E-state index is 5.66. The van der Waals surface area contributed by atoms with Gasteiger partial charge < -0.3 is 13.7 Å². The van der Waals surface area contributed by atoms with Crippen LogP contribution in [0, 0.1) is 19.3 Å². The summed E-state index contributed by atoms with van der Waals surface area (Å²) in [5.74, 6) is 2.68. The molecule has 0 N–H and O–H groups in total. The van der Waals surface area contributed by atoms with Gasteiger partial charge >= 0.3 is 0 Å². The highest BCUT2D eigenvalue weighted by Crippen LogP contribution is 2.44. The van der Waals surface area contributed by atoms with Crippen LogP contribution in [0.5, 0.6) is 0 Å². The van der Waals surface area contributed by atoms with Crippen molar-refractivity contribution in [2.75, 3.05) is 0 Å². The Labute approximate surface area is 301 Å². The average Bonchev–Trinajstić information content (AvgIpc) is 3.83. The van der Waals surface area contributed by atoms with Crippen LogP contribution in [0.2, 0.25) is 0 Å². The van der Waals surface area contributed by atoms with Crippen LogP contribution in [0.25, 0.3) is 88.8 Å². The number of aromatic nitrogens is 3. The van der Waals surface area contributed by atoms with E-state index >= 15 is 0 Å². The zero-order valence-corrected chi connectivity index (χ0v) is 28.7. The fourth-order valence-corrected chi connectivity index (χ4v) is 8.36. The first-order valence-corrected chi connectivity index (χ1v) is 17.7. The Morgan fingerprint density at radius 2 is 1.00 bits per heavy atom. The van der Waals surface area contributed by atoms with Crippen molar-refractivity contribution in [2.45, 2.75) is 6.92 Å². The molecule has 0 atom stereocenters. The van der Waals surface area contributed by atoms with Crippen molar-refractivity contribution < 1.29 is 0 Å². The third-order valence-corrected chi connectivity index (χ3v) is 10.6. The molecule has 0 bridgehead atoms. The lowest BCUT2D eigenvalue weighted by molar-refractivity contribution is 1.10. The average molecular weight is 664 g/mol. The first-order valence-electron chi connectivity index (χ1n) is 17.7. The van der Waals surface area contributed by atoms with E-state index in [1.807, 2.05) is 6.08 Å². The molecule has 0 aliphatic heterocycles. The van der Waals surface area contributed by atoms with E-state index in [1.165, 1.54) is 60.1 Å². The van der Waals surface area contributed by atoms with Crippen LogP contribution in [0.1, 0.15) is 11.3 Å². The molecule has 0 unspecified atom stereocenters. The van der Waals surface area contributed by atoms with Gasteiger partial charge in [0, 0.05) is 49.6 Å². The van der Waals surface area contributed by atoms with E-state index in [9.17, 15) is 0 Å². The van der Waals surface area contributed by atoms with Crippen LogP contribution in [-0.2, 0) is 0 Å². The predicted molar refractivity (Wildman–Crippen MR) is 220 cm³/mol. The second kappa shape index (κ2) is 11.8. The SMILES string of the molecule is C#C/C=C\c1c(C)c2ccccc2n1-c1ccc(-c2cccc3c4c5c6ccccc6n(-c6ccccc6)c5ccc4n(-c4ccccc4)c23)cc1. The molecule has 0 spiro atoms. The Morgan fingerprint density at radius 3 is 1.69 bits per heavy atom. The van der Waals surface area contributed by atoms with Gasteiger partial charge in [-0.05, 0) is 90.9 Å². The van der Waals surface area contributed by atoms with Gasteiger partial charge in [-0.25, -0.2) is 0 Å². The molecule has 0 amide bonds. The first kappa shape index (κ1) is 29.9. The Kier molecular flexibility index (Phi) is 6.77. The van der Waals surface area contributed by atoms with Crippen LogP contribution in [0.4, 0.5) is 0 Å². The van der Waals surface area contributed by atoms with Gasteiger partial charge in [0.2, 0.25) is 0 Å². The monoisotopic (exact) mass is 663 g/mol. The van der Waals surface area contributed by atoms with E-state index in [-0.39, 0.29) is 0 Å². The van der Waals surface area contributed by atoms with Crippen molar-refractivity contribution in [3.05, 3.63) is 181 Å². The largest absolute Gasteiger partial charge is 0.310 e. The van der Waals surface area contributed by atoms with Gasteiger partial charge in [0.25, 0.3) is 0 Å². The van der Waals surface area contributed by atoms with E-state index in [0.717, 1.165) is 33.8 Å². The van der Waals surface area contributed by atoms with Crippen LogP contribution in [-0.4, -0.2) is 13.7 Å². The van der Waals surface area contributed by atoms with E-state index in [2.05, 4.69) is 190 Å².